The van der Waals surface area contributed by atoms with E-state index in [1.165, 1.54) is 6.20 Å². The zero-order chi connectivity index (χ0) is 14.8. The molecule has 0 bridgehead atoms. The van der Waals surface area contributed by atoms with Gasteiger partial charge in [0.25, 0.3) is 0 Å². The van der Waals surface area contributed by atoms with Crippen LogP contribution in [0.5, 0.6) is 0 Å². The molecule has 2 heterocycles. The number of hydrazine groups is 1. The number of halogens is 3. The Morgan fingerprint density at radius 2 is 2.30 bits per heavy atom. The van der Waals surface area contributed by atoms with Crippen LogP contribution in [0.1, 0.15) is 36.9 Å². The molecule has 20 heavy (non-hydrogen) atoms. The molecular formula is C13H18F3N3O. The molecule has 7 heteroatoms. The predicted molar refractivity (Wildman–Crippen MR) is 67.4 cm³/mol. The Kier molecular flexibility index (Phi) is 4.62. The van der Waals surface area contributed by atoms with Gasteiger partial charge in [0.1, 0.15) is 0 Å². The summed E-state index contributed by atoms with van der Waals surface area (Å²) in [6.07, 6.45) is -0.711. The fourth-order valence-corrected chi connectivity index (χ4v) is 2.82. The van der Waals surface area contributed by atoms with E-state index in [9.17, 15) is 13.2 Å². The van der Waals surface area contributed by atoms with E-state index in [1.807, 2.05) is 6.92 Å². The first-order valence-electron chi connectivity index (χ1n) is 6.57. The van der Waals surface area contributed by atoms with E-state index in [1.54, 1.807) is 0 Å². The Balaban J connectivity index is 2.37. The van der Waals surface area contributed by atoms with Crippen LogP contribution in [0, 0.1) is 5.92 Å². The van der Waals surface area contributed by atoms with E-state index in [0.29, 0.717) is 13.0 Å². The van der Waals surface area contributed by atoms with Crippen LogP contribution in [-0.2, 0) is 10.9 Å². The van der Waals surface area contributed by atoms with Gasteiger partial charge in [0.15, 0.2) is 0 Å². The summed E-state index contributed by atoms with van der Waals surface area (Å²) in [6.45, 7) is 2.49. The van der Waals surface area contributed by atoms with Crippen molar-refractivity contribution in [3.63, 3.8) is 0 Å². The number of aromatic nitrogens is 1. The molecule has 1 aliphatic rings. The maximum atomic E-state index is 13.1. The molecule has 3 unspecified atom stereocenters. The van der Waals surface area contributed by atoms with Gasteiger partial charge in [-0.1, -0.05) is 6.92 Å². The highest BCUT2D eigenvalue weighted by Gasteiger charge is 2.40. The van der Waals surface area contributed by atoms with E-state index in [-0.39, 0.29) is 17.6 Å². The summed E-state index contributed by atoms with van der Waals surface area (Å²) in [7, 11) is 0. The lowest BCUT2D eigenvalue weighted by Crippen LogP contribution is -2.38. The van der Waals surface area contributed by atoms with E-state index >= 15 is 0 Å². The number of nitrogens with zero attached hydrogens (tertiary/aromatic N) is 1. The van der Waals surface area contributed by atoms with Crippen molar-refractivity contribution in [1.82, 2.24) is 10.4 Å². The van der Waals surface area contributed by atoms with Crippen LogP contribution in [0.25, 0.3) is 0 Å². The second-order valence-electron chi connectivity index (χ2n) is 4.88. The number of hydrogen-bond donors (Lipinski definition) is 2. The molecule has 1 fully saturated rings. The van der Waals surface area contributed by atoms with Crippen molar-refractivity contribution in [2.45, 2.75) is 38.1 Å². The Bertz CT molecular complexity index is 453. The Morgan fingerprint density at radius 3 is 2.90 bits per heavy atom. The molecule has 0 spiro atoms. The van der Waals surface area contributed by atoms with Gasteiger partial charge in [-0.15, -0.1) is 0 Å². The molecule has 0 amide bonds. The van der Waals surface area contributed by atoms with Gasteiger partial charge in [0.2, 0.25) is 0 Å². The predicted octanol–water partition coefficient (Wildman–Crippen LogP) is 2.42. The van der Waals surface area contributed by atoms with Crippen molar-refractivity contribution in [2.24, 2.45) is 11.8 Å². The maximum absolute atomic E-state index is 13.1. The van der Waals surface area contributed by atoms with Crippen LogP contribution in [0.3, 0.4) is 0 Å². The van der Waals surface area contributed by atoms with Crippen LogP contribution in [0.4, 0.5) is 13.2 Å². The van der Waals surface area contributed by atoms with Crippen molar-refractivity contribution < 1.29 is 17.9 Å². The first-order valence-corrected chi connectivity index (χ1v) is 6.57. The molecule has 1 saturated heterocycles. The molecule has 2 rings (SSSR count). The van der Waals surface area contributed by atoms with Crippen molar-refractivity contribution in [1.29, 1.82) is 0 Å². The smallest absolute Gasteiger partial charge is 0.378 e. The number of hydrogen-bond acceptors (Lipinski definition) is 4. The molecule has 0 radical (unpaired) electrons. The summed E-state index contributed by atoms with van der Waals surface area (Å²) in [4.78, 5) is 3.81. The third-order valence-corrected chi connectivity index (χ3v) is 3.76. The fourth-order valence-electron chi connectivity index (χ4n) is 2.82. The topological polar surface area (TPSA) is 60.2 Å². The highest BCUT2D eigenvalue weighted by atomic mass is 19.4. The average Bonchev–Trinajstić information content (AvgIpc) is 2.87. The number of nitrogens with one attached hydrogen (secondary N) is 1. The summed E-state index contributed by atoms with van der Waals surface area (Å²) < 4.78 is 44.8. The van der Waals surface area contributed by atoms with E-state index in [2.05, 4.69) is 10.4 Å². The van der Waals surface area contributed by atoms with Gasteiger partial charge < -0.3 is 4.74 Å². The average molecular weight is 289 g/mol. The molecule has 0 aliphatic carbocycles. The quantitative estimate of drug-likeness (QED) is 0.660. The minimum Gasteiger partial charge on any atom is -0.378 e. The van der Waals surface area contributed by atoms with Gasteiger partial charge in [-0.3, -0.25) is 16.3 Å². The molecule has 0 saturated carbocycles. The number of alkyl halides is 3. The van der Waals surface area contributed by atoms with Crippen LogP contribution in [-0.4, -0.2) is 17.7 Å². The fraction of sp³-hybridized carbons (Fsp3) is 0.615. The molecule has 3 N–H and O–H groups in total. The van der Waals surface area contributed by atoms with Crippen LogP contribution in [0.2, 0.25) is 0 Å². The second kappa shape index (κ2) is 6.07. The second-order valence-corrected chi connectivity index (χ2v) is 4.88. The Morgan fingerprint density at radius 1 is 1.55 bits per heavy atom. The first kappa shape index (κ1) is 15.2. The molecule has 112 valence electrons. The summed E-state index contributed by atoms with van der Waals surface area (Å²) in [5.74, 6) is 5.43. The molecule has 1 aliphatic heterocycles. The monoisotopic (exact) mass is 289 g/mol. The van der Waals surface area contributed by atoms with Gasteiger partial charge >= 0.3 is 6.18 Å². The van der Waals surface area contributed by atoms with E-state index in [4.69, 9.17) is 10.6 Å². The maximum Gasteiger partial charge on any atom is 0.416 e. The molecule has 1 aromatic rings. The van der Waals surface area contributed by atoms with E-state index in [0.717, 1.165) is 18.7 Å². The van der Waals surface area contributed by atoms with Gasteiger partial charge in [-0.25, -0.2) is 0 Å². The van der Waals surface area contributed by atoms with Gasteiger partial charge in [0, 0.05) is 30.5 Å². The SMILES string of the molecule is CCC1OCCC1C(NN)c1cnccc1C(F)(F)F. The minimum absolute atomic E-state index is 0.0800. The molecule has 4 nitrogen and oxygen atoms in total. The van der Waals surface area contributed by atoms with Crippen molar-refractivity contribution in [3.05, 3.63) is 29.6 Å². The summed E-state index contributed by atoms with van der Waals surface area (Å²) >= 11 is 0. The van der Waals surface area contributed by atoms with E-state index < -0.39 is 17.8 Å². The number of rotatable bonds is 4. The van der Waals surface area contributed by atoms with Crippen molar-refractivity contribution in [2.75, 3.05) is 6.61 Å². The third-order valence-electron chi connectivity index (χ3n) is 3.76. The summed E-state index contributed by atoms with van der Waals surface area (Å²) in [5, 5.41) is 0. The molecular weight excluding hydrogens is 271 g/mol. The summed E-state index contributed by atoms with van der Waals surface area (Å²) in [5.41, 5.74) is 1.90. The summed E-state index contributed by atoms with van der Waals surface area (Å²) in [6, 6.07) is 0.365. The van der Waals surface area contributed by atoms with Crippen LogP contribution in [0.15, 0.2) is 18.5 Å². The lowest BCUT2D eigenvalue weighted by molar-refractivity contribution is -0.138. The number of ether oxygens (including phenoxy) is 1. The Labute approximate surface area is 115 Å². The molecule has 0 aromatic carbocycles. The number of nitrogens with two attached hydrogens (primary N) is 1. The molecule has 1 aromatic heterocycles. The normalized spacial score (nSPS) is 24.9. The largest absolute Gasteiger partial charge is 0.416 e. The third kappa shape index (κ3) is 2.94. The standard InChI is InChI=1S/C13H18F3N3O/c1-2-11-8(4-6-20-11)12(19-17)9-7-18-5-3-10(9)13(14,15)16/h3,5,7-8,11-12,19H,2,4,6,17H2,1H3. The zero-order valence-corrected chi connectivity index (χ0v) is 11.2. The molecule has 3 atom stereocenters. The minimum atomic E-state index is -4.42. The lowest BCUT2D eigenvalue weighted by atomic mass is 9.86. The van der Waals surface area contributed by atoms with Crippen LogP contribution >= 0.6 is 0 Å². The first-order chi connectivity index (χ1) is 9.49. The van der Waals surface area contributed by atoms with Gasteiger partial charge in [-0.05, 0) is 18.9 Å². The zero-order valence-electron chi connectivity index (χ0n) is 11.2. The lowest BCUT2D eigenvalue weighted by Gasteiger charge is -2.28. The van der Waals surface area contributed by atoms with Crippen molar-refractivity contribution >= 4 is 0 Å². The van der Waals surface area contributed by atoms with Gasteiger partial charge in [0.05, 0.1) is 17.7 Å². The van der Waals surface area contributed by atoms with Crippen LogP contribution < -0.4 is 11.3 Å². The van der Waals surface area contributed by atoms with Crippen molar-refractivity contribution in [3.8, 4) is 0 Å². The highest BCUT2D eigenvalue weighted by Crippen LogP contribution is 2.40. The number of pyridine rings is 1. The highest BCUT2D eigenvalue weighted by molar-refractivity contribution is 5.30. The van der Waals surface area contributed by atoms with Gasteiger partial charge in [-0.2, -0.15) is 13.2 Å². The Hall–Kier alpha value is -1.18.